The van der Waals surface area contributed by atoms with Crippen molar-refractivity contribution in [1.29, 1.82) is 0 Å². The van der Waals surface area contributed by atoms with Crippen molar-refractivity contribution in [3.63, 3.8) is 0 Å². The lowest BCUT2D eigenvalue weighted by molar-refractivity contribution is 0.499. The summed E-state index contributed by atoms with van der Waals surface area (Å²) in [5.74, 6) is 1.95. The Bertz CT molecular complexity index is 1460. The van der Waals surface area contributed by atoms with Crippen molar-refractivity contribution in [3.05, 3.63) is 87.1 Å². The van der Waals surface area contributed by atoms with Gasteiger partial charge in [0, 0.05) is 23.4 Å². The molecule has 0 amide bonds. The fourth-order valence-corrected chi connectivity index (χ4v) is 4.11. The third kappa shape index (κ3) is 4.52. The first-order valence-corrected chi connectivity index (χ1v) is 11.4. The Hall–Kier alpha value is -3.33. The molecule has 0 saturated carbocycles. The molecule has 3 aromatic heterocycles. The van der Waals surface area contributed by atoms with E-state index in [-0.39, 0.29) is 0 Å². The first kappa shape index (κ1) is 22.5. The van der Waals surface area contributed by atoms with Crippen LogP contribution in [0.5, 0.6) is 0 Å². The van der Waals surface area contributed by atoms with Gasteiger partial charge in [-0.1, -0.05) is 46.9 Å². The van der Waals surface area contributed by atoms with Crippen LogP contribution in [0.2, 0.25) is 15.1 Å². The smallest absolute Gasteiger partial charge is 0.268 e. The van der Waals surface area contributed by atoms with E-state index < -0.39 is 0 Å². The van der Waals surface area contributed by atoms with E-state index in [1.54, 1.807) is 30.3 Å². The molecule has 3 heterocycles. The lowest BCUT2D eigenvalue weighted by Crippen LogP contribution is -2.06. The molecule has 34 heavy (non-hydrogen) atoms. The summed E-state index contributed by atoms with van der Waals surface area (Å²) < 4.78 is 7.66. The van der Waals surface area contributed by atoms with Gasteiger partial charge in [-0.3, -0.25) is 4.57 Å². The Morgan fingerprint density at radius 3 is 2.41 bits per heavy atom. The van der Waals surface area contributed by atoms with Crippen molar-refractivity contribution in [2.45, 2.75) is 19.8 Å². The number of benzene rings is 2. The van der Waals surface area contributed by atoms with Crippen LogP contribution in [-0.2, 0) is 12.8 Å². The average Bonchev–Trinajstić information content (AvgIpc) is 3.46. The molecule has 0 aliphatic carbocycles. The molecule has 0 unspecified atom stereocenters. The Morgan fingerprint density at radius 2 is 1.65 bits per heavy atom. The van der Waals surface area contributed by atoms with Crippen molar-refractivity contribution in [2.24, 2.45) is 0 Å². The molecule has 0 atom stereocenters. The molecule has 11 heteroatoms. The van der Waals surface area contributed by atoms with Gasteiger partial charge in [0.25, 0.3) is 5.89 Å². The average molecular weight is 513 g/mol. The minimum atomic E-state index is 0.309. The topological polar surface area (TPSA) is 95.4 Å². The van der Waals surface area contributed by atoms with Crippen molar-refractivity contribution in [1.82, 2.24) is 35.2 Å². The van der Waals surface area contributed by atoms with Crippen LogP contribution in [0.25, 0.3) is 28.7 Å². The van der Waals surface area contributed by atoms with Gasteiger partial charge in [-0.25, -0.2) is 0 Å². The molecule has 0 saturated heterocycles. The van der Waals surface area contributed by atoms with E-state index in [0.717, 1.165) is 11.4 Å². The zero-order valence-electron chi connectivity index (χ0n) is 17.8. The van der Waals surface area contributed by atoms with E-state index in [2.05, 4.69) is 30.6 Å². The molecule has 0 N–H and O–H groups in total. The molecule has 5 rings (SSSR count). The van der Waals surface area contributed by atoms with Crippen LogP contribution in [-0.4, -0.2) is 35.2 Å². The molecule has 170 valence electrons. The monoisotopic (exact) mass is 511 g/mol. The fraction of sp³-hybridized carbons (Fsp3) is 0.130. The molecular weight excluding hydrogens is 497 g/mol. The molecule has 0 fully saturated rings. The van der Waals surface area contributed by atoms with Crippen molar-refractivity contribution < 1.29 is 4.42 Å². The Kier molecular flexibility index (Phi) is 6.28. The van der Waals surface area contributed by atoms with Crippen LogP contribution in [0.4, 0.5) is 0 Å². The maximum Gasteiger partial charge on any atom is 0.268 e. The van der Waals surface area contributed by atoms with Gasteiger partial charge in [0.15, 0.2) is 5.82 Å². The van der Waals surface area contributed by atoms with Crippen molar-refractivity contribution in [2.75, 3.05) is 0 Å². The Morgan fingerprint density at radius 1 is 0.794 bits per heavy atom. The predicted octanol–water partition coefficient (Wildman–Crippen LogP) is 5.83. The predicted molar refractivity (Wildman–Crippen MR) is 129 cm³/mol. The zero-order valence-corrected chi connectivity index (χ0v) is 20.1. The van der Waals surface area contributed by atoms with E-state index >= 15 is 0 Å². The number of halogens is 3. The van der Waals surface area contributed by atoms with Crippen molar-refractivity contribution >= 4 is 34.8 Å². The minimum absolute atomic E-state index is 0.309. The standard InChI is InChI=1S/C23H16Cl3N7O/c1-13-6-9-18(28-27-13)23-32-30-21(34-23)11-10-20-29-31-22(15-8-7-14(24)12-17(15)26)33(20)19-5-3-2-4-16(19)25/h2-9,12H,10-11H2,1H3. The summed E-state index contributed by atoms with van der Waals surface area (Å²) in [7, 11) is 0. The summed E-state index contributed by atoms with van der Waals surface area (Å²) in [6.07, 6.45) is 0.897. The van der Waals surface area contributed by atoms with Gasteiger partial charge in [0.1, 0.15) is 11.5 Å². The van der Waals surface area contributed by atoms with Gasteiger partial charge in [-0.15, -0.1) is 25.5 Å². The van der Waals surface area contributed by atoms with E-state index in [0.29, 0.717) is 62.6 Å². The summed E-state index contributed by atoms with van der Waals surface area (Å²) in [6.45, 7) is 1.86. The second-order valence-electron chi connectivity index (χ2n) is 7.41. The van der Waals surface area contributed by atoms with E-state index in [9.17, 15) is 0 Å². The molecule has 2 aromatic carbocycles. The molecule has 0 radical (unpaired) electrons. The van der Waals surface area contributed by atoms with Crippen LogP contribution in [0.1, 0.15) is 17.4 Å². The summed E-state index contributed by atoms with van der Waals surface area (Å²) >= 11 is 19.1. The van der Waals surface area contributed by atoms with Crippen LogP contribution in [0, 0.1) is 6.92 Å². The number of aromatic nitrogens is 7. The molecule has 0 bridgehead atoms. The van der Waals surface area contributed by atoms with Gasteiger partial charge in [0.2, 0.25) is 5.89 Å². The molecule has 5 aromatic rings. The number of hydrogen-bond donors (Lipinski definition) is 0. The molecule has 0 aliphatic heterocycles. The number of aryl methyl sites for hydroxylation is 3. The van der Waals surface area contributed by atoms with Crippen LogP contribution in [0.3, 0.4) is 0 Å². The van der Waals surface area contributed by atoms with Gasteiger partial charge in [-0.2, -0.15) is 5.10 Å². The number of hydrogen-bond acceptors (Lipinski definition) is 7. The van der Waals surface area contributed by atoms with Crippen LogP contribution >= 0.6 is 34.8 Å². The first-order valence-electron chi connectivity index (χ1n) is 10.3. The van der Waals surface area contributed by atoms with Crippen LogP contribution in [0.15, 0.2) is 59.0 Å². The SMILES string of the molecule is Cc1ccc(-c2nnc(CCc3nnc(-c4ccc(Cl)cc4Cl)n3-c3ccccc3Cl)o2)nn1. The largest absolute Gasteiger partial charge is 0.419 e. The Labute approximate surface area is 209 Å². The van der Waals surface area contributed by atoms with E-state index in [1.165, 1.54) is 0 Å². The summed E-state index contributed by atoms with van der Waals surface area (Å²) in [5, 5.41) is 26.7. The highest BCUT2D eigenvalue weighted by molar-refractivity contribution is 6.36. The number of rotatable bonds is 6. The highest BCUT2D eigenvalue weighted by Gasteiger charge is 2.20. The minimum Gasteiger partial charge on any atom is -0.419 e. The van der Waals surface area contributed by atoms with E-state index in [1.807, 2.05) is 35.8 Å². The van der Waals surface area contributed by atoms with E-state index in [4.69, 9.17) is 39.2 Å². The second kappa shape index (κ2) is 9.50. The van der Waals surface area contributed by atoms with Gasteiger partial charge < -0.3 is 4.42 Å². The molecule has 0 spiro atoms. The maximum atomic E-state index is 6.53. The quantitative estimate of drug-likeness (QED) is 0.282. The molecular formula is C23H16Cl3N7O. The second-order valence-corrected chi connectivity index (χ2v) is 8.66. The highest BCUT2D eigenvalue weighted by atomic mass is 35.5. The normalized spacial score (nSPS) is 11.2. The third-order valence-corrected chi connectivity index (χ3v) is 5.91. The molecule has 8 nitrogen and oxygen atoms in total. The van der Waals surface area contributed by atoms with Gasteiger partial charge in [-0.05, 0) is 49.4 Å². The van der Waals surface area contributed by atoms with Gasteiger partial charge in [0.05, 0.1) is 21.4 Å². The van der Waals surface area contributed by atoms with Crippen LogP contribution < -0.4 is 0 Å². The van der Waals surface area contributed by atoms with Crippen molar-refractivity contribution in [3.8, 4) is 28.7 Å². The zero-order chi connectivity index (χ0) is 23.7. The lowest BCUT2D eigenvalue weighted by atomic mass is 10.2. The molecule has 0 aliphatic rings. The summed E-state index contributed by atoms with van der Waals surface area (Å²) in [4.78, 5) is 0. The lowest BCUT2D eigenvalue weighted by Gasteiger charge is -2.13. The van der Waals surface area contributed by atoms with Gasteiger partial charge >= 0.3 is 0 Å². The summed E-state index contributed by atoms with van der Waals surface area (Å²) in [5.41, 5.74) is 2.73. The number of nitrogens with zero attached hydrogens (tertiary/aromatic N) is 7. The first-order chi connectivity index (χ1) is 16.5. The fourth-order valence-electron chi connectivity index (χ4n) is 3.40. The maximum absolute atomic E-state index is 6.53. The Balaban J connectivity index is 1.48. The highest BCUT2D eigenvalue weighted by Crippen LogP contribution is 2.33. The summed E-state index contributed by atoms with van der Waals surface area (Å²) in [6, 6.07) is 16.3. The third-order valence-electron chi connectivity index (χ3n) is 5.04. The number of para-hydroxylation sites is 1.